The molecular formula is C49H29N3S. The van der Waals surface area contributed by atoms with Crippen LogP contribution in [0.2, 0.25) is 0 Å². The van der Waals surface area contributed by atoms with Gasteiger partial charge >= 0.3 is 0 Å². The third kappa shape index (κ3) is 4.91. The highest BCUT2D eigenvalue weighted by Gasteiger charge is 2.20. The first-order valence-electron chi connectivity index (χ1n) is 17.9. The summed E-state index contributed by atoms with van der Waals surface area (Å²) in [6.07, 6.45) is 0. The standard InChI is InChI=1S/C49H29N3S/c1-3-11-30(12-4-1)34-21-19-31-20-22-36(28-37(31)27-34)48-50-47(33-14-5-2-6-15-33)51-49(52-48)41-29-35-16-8-10-18-39(35)44-40(41)24-26-43-46(44)45-38-17-9-7-13-32(38)23-25-42(45)53-43/h1-29H. The monoisotopic (exact) mass is 691 g/mol. The highest BCUT2D eigenvalue weighted by molar-refractivity contribution is 7.26. The van der Waals surface area contributed by atoms with Crippen LogP contribution in [-0.2, 0) is 0 Å². The van der Waals surface area contributed by atoms with Crippen LogP contribution in [0.25, 0.3) is 109 Å². The molecule has 11 aromatic rings. The molecule has 53 heavy (non-hydrogen) atoms. The van der Waals surface area contributed by atoms with Gasteiger partial charge in [-0.2, -0.15) is 0 Å². The Balaban J connectivity index is 1.19. The van der Waals surface area contributed by atoms with E-state index < -0.39 is 0 Å². The fourth-order valence-electron chi connectivity index (χ4n) is 7.94. The SMILES string of the molecule is c1ccc(-c2ccc3ccc(-c4nc(-c5ccccc5)nc(-c5cc6ccccc6c6c5ccc5sc7ccc8ccccc8c7c56)n4)cc3c2)cc1. The van der Waals surface area contributed by atoms with Gasteiger partial charge in [0.05, 0.1) is 0 Å². The van der Waals surface area contributed by atoms with Crippen molar-refractivity contribution >= 4 is 74.6 Å². The van der Waals surface area contributed by atoms with E-state index in [4.69, 9.17) is 15.0 Å². The fourth-order valence-corrected chi connectivity index (χ4v) is 9.07. The average molecular weight is 692 g/mol. The van der Waals surface area contributed by atoms with Crippen LogP contribution in [0.15, 0.2) is 176 Å². The van der Waals surface area contributed by atoms with Crippen molar-refractivity contribution in [3.05, 3.63) is 176 Å². The molecule has 0 atom stereocenters. The largest absolute Gasteiger partial charge is 0.208 e. The predicted molar refractivity (Wildman–Crippen MR) is 224 cm³/mol. The molecule has 0 saturated carbocycles. The zero-order valence-electron chi connectivity index (χ0n) is 28.5. The highest BCUT2D eigenvalue weighted by Crippen LogP contribution is 2.46. The molecule has 0 spiro atoms. The van der Waals surface area contributed by atoms with Crippen LogP contribution in [0, 0.1) is 0 Å². The van der Waals surface area contributed by atoms with Crippen LogP contribution in [0.3, 0.4) is 0 Å². The van der Waals surface area contributed by atoms with Crippen molar-refractivity contribution in [2.75, 3.05) is 0 Å². The first-order chi connectivity index (χ1) is 26.2. The minimum absolute atomic E-state index is 0.648. The first-order valence-corrected chi connectivity index (χ1v) is 18.7. The van der Waals surface area contributed by atoms with E-state index in [1.54, 1.807) is 0 Å². The molecule has 0 radical (unpaired) electrons. The van der Waals surface area contributed by atoms with Crippen LogP contribution < -0.4 is 0 Å². The van der Waals surface area contributed by atoms with Crippen molar-refractivity contribution in [3.8, 4) is 45.3 Å². The van der Waals surface area contributed by atoms with E-state index in [1.807, 2.05) is 29.5 Å². The van der Waals surface area contributed by atoms with E-state index in [0.717, 1.165) is 32.8 Å². The molecule has 0 N–H and O–H groups in total. The smallest absolute Gasteiger partial charge is 0.164 e. The number of rotatable bonds is 4. The lowest BCUT2D eigenvalue weighted by Crippen LogP contribution is -2.01. The van der Waals surface area contributed by atoms with Crippen molar-refractivity contribution in [2.24, 2.45) is 0 Å². The van der Waals surface area contributed by atoms with E-state index in [2.05, 4.69) is 158 Å². The summed E-state index contributed by atoms with van der Waals surface area (Å²) in [5.41, 5.74) is 5.27. The molecule has 0 amide bonds. The Labute approximate surface area is 309 Å². The van der Waals surface area contributed by atoms with Crippen LogP contribution in [0.1, 0.15) is 0 Å². The molecule has 0 bridgehead atoms. The Morgan fingerprint density at radius 1 is 0.302 bits per heavy atom. The number of benzene rings is 9. The van der Waals surface area contributed by atoms with E-state index in [0.29, 0.717) is 17.5 Å². The topological polar surface area (TPSA) is 38.7 Å². The molecule has 0 aliphatic rings. The minimum Gasteiger partial charge on any atom is -0.208 e. The molecule has 246 valence electrons. The molecule has 0 aliphatic heterocycles. The Bertz CT molecular complexity index is 3220. The first kappa shape index (κ1) is 29.9. The Morgan fingerprint density at radius 3 is 1.66 bits per heavy atom. The fraction of sp³-hybridized carbons (Fsp3) is 0. The normalized spacial score (nSPS) is 11.8. The summed E-state index contributed by atoms with van der Waals surface area (Å²) in [5.74, 6) is 1.96. The summed E-state index contributed by atoms with van der Waals surface area (Å²) in [4.78, 5) is 15.7. The summed E-state index contributed by atoms with van der Waals surface area (Å²) in [6, 6.07) is 62.7. The Kier molecular flexibility index (Phi) is 6.73. The summed E-state index contributed by atoms with van der Waals surface area (Å²) in [7, 11) is 0. The molecule has 2 heterocycles. The molecule has 4 heteroatoms. The van der Waals surface area contributed by atoms with Crippen molar-refractivity contribution in [1.29, 1.82) is 0 Å². The van der Waals surface area contributed by atoms with E-state index in [-0.39, 0.29) is 0 Å². The van der Waals surface area contributed by atoms with Crippen LogP contribution >= 0.6 is 11.3 Å². The van der Waals surface area contributed by atoms with Crippen molar-refractivity contribution in [2.45, 2.75) is 0 Å². The molecule has 0 fully saturated rings. The zero-order chi connectivity index (χ0) is 34.9. The van der Waals surface area contributed by atoms with Gasteiger partial charge in [0, 0.05) is 36.9 Å². The maximum atomic E-state index is 5.30. The third-order valence-corrected chi connectivity index (χ3v) is 11.6. The van der Waals surface area contributed by atoms with E-state index in [9.17, 15) is 0 Å². The number of nitrogens with zero attached hydrogens (tertiary/aromatic N) is 3. The number of fused-ring (bicyclic) bond motifs is 10. The van der Waals surface area contributed by atoms with Crippen molar-refractivity contribution < 1.29 is 0 Å². The molecule has 0 unspecified atom stereocenters. The second kappa shape index (κ2) is 11.9. The van der Waals surface area contributed by atoms with Gasteiger partial charge in [-0.25, -0.2) is 15.0 Å². The van der Waals surface area contributed by atoms with Gasteiger partial charge in [-0.1, -0.05) is 146 Å². The number of thiophene rings is 1. The Morgan fingerprint density at radius 2 is 0.868 bits per heavy atom. The second-order valence-corrected chi connectivity index (χ2v) is 14.7. The lowest BCUT2D eigenvalue weighted by Gasteiger charge is -2.14. The molecule has 2 aromatic heterocycles. The summed E-state index contributed by atoms with van der Waals surface area (Å²) >= 11 is 1.86. The average Bonchev–Trinajstić information content (AvgIpc) is 3.63. The van der Waals surface area contributed by atoms with E-state index >= 15 is 0 Å². The maximum Gasteiger partial charge on any atom is 0.164 e. The zero-order valence-corrected chi connectivity index (χ0v) is 29.3. The Hall–Kier alpha value is -6.75. The molecular weight excluding hydrogens is 663 g/mol. The second-order valence-electron chi connectivity index (χ2n) is 13.6. The quantitative estimate of drug-likeness (QED) is 0.172. The van der Waals surface area contributed by atoms with E-state index in [1.165, 1.54) is 58.2 Å². The molecule has 11 rings (SSSR count). The van der Waals surface area contributed by atoms with Crippen LogP contribution in [0.5, 0.6) is 0 Å². The van der Waals surface area contributed by atoms with Gasteiger partial charge in [-0.15, -0.1) is 11.3 Å². The molecule has 3 nitrogen and oxygen atoms in total. The summed E-state index contributed by atoms with van der Waals surface area (Å²) in [5, 5.41) is 12.2. The van der Waals surface area contributed by atoms with Gasteiger partial charge < -0.3 is 0 Å². The van der Waals surface area contributed by atoms with Gasteiger partial charge in [0.15, 0.2) is 17.5 Å². The number of aromatic nitrogens is 3. The summed E-state index contributed by atoms with van der Waals surface area (Å²) in [6.45, 7) is 0. The number of hydrogen-bond donors (Lipinski definition) is 0. The molecule has 0 aliphatic carbocycles. The molecule has 0 saturated heterocycles. The van der Waals surface area contributed by atoms with Gasteiger partial charge in [-0.05, 0) is 84.5 Å². The number of hydrogen-bond acceptors (Lipinski definition) is 4. The predicted octanol–water partition coefficient (Wildman–Crippen LogP) is 13.5. The lowest BCUT2D eigenvalue weighted by atomic mass is 9.92. The van der Waals surface area contributed by atoms with Gasteiger partial charge in [0.1, 0.15) is 0 Å². The highest BCUT2D eigenvalue weighted by atomic mass is 32.1. The van der Waals surface area contributed by atoms with Gasteiger partial charge in [0.2, 0.25) is 0 Å². The van der Waals surface area contributed by atoms with Gasteiger partial charge in [0.25, 0.3) is 0 Å². The third-order valence-electron chi connectivity index (χ3n) is 10.5. The summed E-state index contributed by atoms with van der Waals surface area (Å²) < 4.78 is 2.57. The van der Waals surface area contributed by atoms with Crippen molar-refractivity contribution in [1.82, 2.24) is 15.0 Å². The van der Waals surface area contributed by atoms with Crippen molar-refractivity contribution in [3.63, 3.8) is 0 Å². The minimum atomic E-state index is 0.648. The van der Waals surface area contributed by atoms with Gasteiger partial charge in [-0.3, -0.25) is 0 Å². The maximum absolute atomic E-state index is 5.30. The molecule has 9 aromatic carbocycles. The van der Waals surface area contributed by atoms with Crippen LogP contribution in [0.4, 0.5) is 0 Å². The van der Waals surface area contributed by atoms with Crippen LogP contribution in [-0.4, -0.2) is 15.0 Å². The lowest BCUT2D eigenvalue weighted by molar-refractivity contribution is 1.08.